The van der Waals surface area contributed by atoms with Crippen LogP contribution in [-0.2, 0) is 20.8 Å². The maximum absolute atomic E-state index is 12.3. The average Bonchev–Trinajstić information content (AvgIpc) is 3.39. The van der Waals surface area contributed by atoms with Gasteiger partial charge in [0.15, 0.2) is 11.0 Å². The first-order valence-electron chi connectivity index (χ1n) is 9.75. The highest BCUT2D eigenvalue weighted by atomic mass is 32.2. The summed E-state index contributed by atoms with van der Waals surface area (Å²) >= 11 is 1.40. The van der Waals surface area contributed by atoms with Crippen LogP contribution < -0.4 is 10.1 Å². The molecule has 0 aliphatic carbocycles. The van der Waals surface area contributed by atoms with E-state index in [0.717, 1.165) is 36.6 Å². The molecule has 0 radical (unpaired) electrons. The Labute approximate surface area is 175 Å². The van der Waals surface area contributed by atoms with Gasteiger partial charge in [-0.25, -0.2) is 0 Å². The van der Waals surface area contributed by atoms with Crippen molar-refractivity contribution in [2.24, 2.45) is 0 Å². The summed E-state index contributed by atoms with van der Waals surface area (Å²) in [6.07, 6.45) is 2.20. The minimum absolute atomic E-state index is 0.0512. The van der Waals surface area contributed by atoms with E-state index < -0.39 is 0 Å². The summed E-state index contributed by atoms with van der Waals surface area (Å²) in [7, 11) is 3.25. The van der Waals surface area contributed by atoms with Gasteiger partial charge in [0, 0.05) is 25.8 Å². The smallest absolute Gasteiger partial charge is 0.233 e. The Bertz CT molecular complexity index is 790. The van der Waals surface area contributed by atoms with Crippen molar-refractivity contribution in [3.05, 3.63) is 24.3 Å². The second-order valence-corrected chi connectivity index (χ2v) is 8.13. The van der Waals surface area contributed by atoms with Gasteiger partial charge in [-0.1, -0.05) is 11.8 Å². The van der Waals surface area contributed by atoms with Crippen LogP contribution >= 0.6 is 11.8 Å². The van der Waals surface area contributed by atoms with Crippen molar-refractivity contribution in [2.45, 2.75) is 42.8 Å². The molecular weight excluding hydrogens is 392 g/mol. The molecule has 9 heteroatoms. The van der Waals surface area contributed by atoms with E-state index in [1.54, 1.807) is 14.2 Å². The number of amides is 1. The van der Waals surface area contributed by atoms with Crippen molar-refractivity contribution < 1.29 is 19.0 Å². The standard InChI is InChI=1S/C20H28N4O4S/c1-14(19(25)21-10-12-26-2)29-20-23-22-18(15-6-8-16(27-3)9-7-15)24(20)13-17-5-4-11-28-17/h6-9,14,17H,4-5,10-13H2,1-3H3,(H,21,25)/t14-,17+/m0/s1. The molecule has 1 aliphatic rings. The summed E-state index contributed by atoms with van der Waals surface area (Å²) < 4.78 is 18.1. The summed E-state index contributed by atoms with van der Waals surface area (Å²) in [6, 6.07) is 7.73. The third-order valence-corrected chi connectivity index (χ3v) is 5.81. The molecule has 2 atom stereocenters. The molecule has 1 aliphatic heterocycles. The zero-order valence-corrected chi connectivity index (χ0v) is 17.9. The van der Waals surface area contributed by atoms with Crippen LogP contribution in [0.2, 0.25) is 0 Å². The van der Waals surface area contributed by atoms with Gasteiger partial charge in [-0.3, -0.25) is 9.36 Å². The van der Waals surface area contributed by atoms with E-state index in [2.05, 4.69) is 20.1 Å². The summed E-state index contributed by atoms with van der Waals surface area (Å²) in [4.78, 5) is 12.3. The lowest BCUT2D eigenvalue weighted by molar-refractivity contribution is -0.120. The van der Waals surface area contributed by atoms with Gasteiger partial charge in [0.25, 0.3) is 0 Å². The highest BCUT2D eigenvalue weighted by molar-refractivity contribution is 8.00. The summed E-state index contributed by atoms with van der Waals surface area (Å²) in [6.45, 7) is 4.28. The predicted molar refractivity (Wildman–Crippen MR) is 111 cm³/mol. The first-order chi connectivity index (χ1) is 14.1. The second kappa shape index (κ2) is 10.6. The minimum Gasteiger partial charge on any atom is -0.497 e. The molecule has 2 aromatic rings. The van der Waals surface area contributed by atoms with E-state index in [4.69, 9.17) is 14.2 Å². The normalized spacial score (nSPS) is 17.3. The molecule has 29 heavy (non-hydrogen) atoms. The minimum atomic E-state index is -0.303. The van der Waals surface area contributed by atoms with E-state index in [0.29, 0.717) is 24.9 Å². The fraction of sp³-hybridized carbons (Fsp3) is 0.550. The van der Waals surface area contributed by atoms with Crippen molar-refractivity contribution >= 4 is 17.7 Å². The van der Waals surface area contributed by atoms with Crippen molar-refractivity contribution in [3.8, 4) is 17.1 Å². The van der Waals surface area contributed by atoms with Gasteiger partial charge >= 0.3 is 0 Å². The zero-order chi connectivity index (χ0) is 20.6. The lowest BCUT2D eigenvalue weighted by atomic mass is 10.2. The molecule has 158 valence electrons. The van der Waals surface area contributed by atoms with Crippen LogP contribution in [0.25, 0.3) is 11.4 Å². The Hall–Kier alpha value is -2.10. The highest BCUT2D eigenvalue weighted by Gasteiger charge is 2.24. The Balaban J connectivity index is 1.80. The third-order valence-electron chi connectivity index (χ3n) is 4.73. The van der Waals surface area contributed by atoms with Crippen molar-refractivity contribution in [3.63, 3.8) is 0 Å². The topological polar surface area (TPSA) is 87.5 Å². The Kier molecular flexibility index (Phi) is 7.91. The Morgan fingerprint density at radius 3 is 2.79 bits per heavy atom. The molecule has 0 spiro atoms. The maximum Gasteiger partial charge on any atom is 0.233 e. The van der Waals surface area contributed by atoms with Gasteiger partial charge < -0.3 is 19.5 Å². The van der Waals surface area contributed by atoms with Gasteiger partial charge in [0.05, 0.1) is 31.6 Å². The van der Waals surface area contributed by atoms with E-state index in [1.165, 1.54) is 11.8 Å². The van der Waals surface area contributed by atoms with Crippen LogP contribution in [0.1, 0.15) is 19.8 Å². The molecule has 1 fully saturated rings. The molecule has 0 bridgehead atoms. The lowest BCUT2D eigenvalue weighted by Gasteiger charge is -2.16. The monoisotopic (exact) mass is 420 g/mol. The van der Waals surface area contributed by atoms with Crippen LogP contribution in [0.4, 0.5) is 0 Å². The van der Waals surface area contributed by atoms with Crippen molar-refractivity contribution in [2.75, 3.05) is 34.0 Å². The summed E-state index contributed by atoms with van der Waals surface area (Å²) in [5.41, 5.74) is 0.945. The van der Waals surface area contributed by atoms with E-state index >= 15 is 0 Å². The van der Waals surface area contributed by atoms with E-state index in [1.807, 2.05) is 31.2 Å². The molecule has 0 unspecified atom stereocenters. The molecule has 1 N–H and O–H groups in total. The number of hydrogen-bond acceptors (Lipinski definition) is 7. The predicted octanol–water partition coefficient (Wildman–Crippen LogP) is 2.38. The van der Waals surface area contributed by atoms with Crippen LogP contribution in [0.3, 0.4) is 0 Å². The largest absolute Gasteiger partial charge is 0.497 e. The number of rotatable bonds is 10. The molecule has 1 aromatic carbocycles. The van der Waals surface area contributed by atoms with Crippen LogP contribution in [0.5, 0.6) is 5.75 Å². The van der Waals surface area contributed by atoms with Gasteiger partial charge in [-0.05, 0) is 44.0 Å². The molecule has 1 amide bonds. The number of aromatic nitrogens is 3. The quantitative estimate of drug-likeness (QED) is 0.466. The van der Waals surface area contributed by atoms with Gasteiger partial charge in [0.1, 0.15) is 5.75 Å². The Morgan fingerprint density at radius 2 is 2.14 bits per heavy atom. The van der Waals surface area contributed by atoms with Crippen LogP contribution in [0, 0.1) is 0 Å². The number of carbonyl (C=O) groups is 1. The van der Waals surface area contributed by atoms with E-state index in [-0.39, 0.29) is 17.3 Å². The van der Waals surface area contributed by atoms with Crippen LogP contribution in [0.15, 0.2) is 29.4 Å². The molecule has 0 saturated carbocycles. The number of thioether (sulfide) groups is 1. The molecular formula is C20H28N4O4S. The first-order valence-corrected chi connectivity index (χ1v) is 10.6. The summed E-state index contributed by atoms with van der Waals surface area (Å²) in [5, 5.41) is 12.1. The average molecular weight is 421 g/mol. The maximum atomic E-state index is 12.3. The zero-order valence-electron chi connectivity index (χ0n) is 17.1. The molecule has 2 heterocycles. The van der Waals surface area contributed by atoms with Crippen molar-refractivity contribution in [1.29, 1.82) is 0 Å². The molecule has 1 aromatic heterocycles. The fourth-order valence-electron chi connectivity index (χ4n) is 3.12. The lowest BCUT2D eigenvalue weighted by Crippen LogP contribution is -2.33. The second-order valence-electron chi connectivity index (χ2n) is 6.82. The van der Waals surface area contributed by atoms with E-state index in [9.17, 15) is 4.79 Å². The third kappa shape index (κ3) is 5.71. The molecule has 8 nitrogen and oxygen atoms in total. The number of ether oxygens (including phenoxy) is 3. The SMILES string of the molecule is COCCNC(=O)[C@H](C)Sc1nnc(-c2ccc(OC)cc2)n1C[C@H]1CCCO1. The number of hydrogen-bond donors (Lipinski definition) is 1. The van der Waals surface area contributed by atoms with Crippen LogP contribution in [-0.4, -0.2) is 66.0 Å². The highest BCUT2D eigenvalue weighted by Crippen LogP contribution is 2.29. The van der Waals surface area contributed by atoms with Crippen molar-refractivity contribution in [1.82, 2.24) is 20.1 Å². The molecule has 1 saturated heterocycles. The molecule has 3 rings (SSSR count). The first kappa shape index (κ1) is 21.6. The number of nitrogens with one attached hydrogen (secondary N) is 1. The van der Waals surface area contributed by atoms with Gasteiger partial charge in [0.2, 0.25) is 5.91 Å². The number of benzene rings is 1. The van der Waals surface area contributed by atoms with Gasteiger partial charge in [-0.15, -0.1) is 10.2 Å². The number of nitrogens with zero attached hydrogens (tertiary/aromatic N) is 3. The number of carbonyl (C=O) groups excluding carboxylic acids is 1. The van der Waals surface area contributed by atoms with Gasteiger partial charge in [-0.2, -0.15) is 0 Å². The number of methoxy groups -OCH3 is 2. The fourth-order valence-corrected chi connectivity index (χ4v) is 4.00. The Morgan fingerprint density at radius 1 is 1.34 bits per heavy atom. The summed E-state index contributed by atoms with van der Waals surface area (Å²) in [5.74, 6) is 1.50.